The summed E-state index contributed by atoms with van der Waals surface area (Å²) >= 11 is 5.02. The minimum absolute atomic E-state index is 0.0245. The van der Waals surface area contributed by atoms with Gasteiger partial charge in [-0.2, -0.15) is 4.99 Å². The lowest BCUT2D eigenvalue weighted by atomic mass is 10.1. The molecule has 3 aliphatic rings. The molecule has 0 aromatic rings. The average molecular weight is 313 g/mol. The number of aliphatic hydroxyl groups is 3. The lowest BCUT2D eigenvalue weighted by Crippen LogP contribution is -2.53. The van der Waals surface area contributed by atoms with E-state index in [1.54, 1.807) is 0 Å². The second-order valence-electron chi connectivity index (χ2n) is 4.58. The van der Waals surface area contributed by atoms with Crippen LogP contribution in [-0.2, 0) is 9.53 Å². The van der Waals surface area contributed by atoms with E-state index >= 15 is 0 Å². The molecule has 112 valence electrons. The quantitative estimate of drug-likeness (QED) is 0.339. The minimum atomic E-state index is -1.38. The number of carbonyl (C=O) groups is 1. The molecule has 1 amide bonds. The number of fused-ring (bicyclic) bond motifs is 1. The van der Waals surface area contributed by atoms with Gasteiger partial charge in [-0.3, -0.25) is 20.4 Å². The van der Waals surface area contributed by atoms with Crippen molar-refractivity contribution in [2.45, 2.75) is 24.5 Å². The summed E-state index contributed by atoms with van der Waals surface area (Å²) in [5.74, 6) is -1.06. The lowest BCUT2D eigenvalue weighted by Gasteiger charge is -2.28. The van der Waals surface area contributed by atoms with Gasteiger partial charge in [0.15, 0.2) is 17.8 Å². The lowest BCUT2D eigenvalue weighted by molar-refractivity contribution is -0.113. The van der Waals surface area contributed by atoms with Crippen LogP contribution in [0.3, 0.4) is 0 Å². The Labute approximate surface area is 123 Å². The first kappa shape index (κ1) is 14.2. The number of hydrogen-bond donors (Lipinski definition) is 5. The van der Waals surface area contributed by atoms with Gasteiger partial charge in [-0.25, -0.2) is 4.99 Å². The van der Waals surface area contributed by atoms with Crippen molar-refractivity contribution in [1.29, 1.82) is 5.41 Å². The van der Waals surface area contributed by atoms with Gasteiger partial charge < -0.3 is 20.1 Å². The van der Waals surface area contributed by atoms with E-state index < -0.39 is 43.0 Å². The standard InChI is InChI=1S/C10H11N5O5S/c11-9-13-6-3(7(19)14-9)12-10(21)15(6)8-5(18)4(17)2(1-16)20-8/h2,4-5,8,16-18H,1H2,(H2,11,14,19)/t2-,4-,5-,8-/m1/s1. The predicted molar refractivity (Wildman–Crippen MR) is 72.9 cm³/mol. The second kappa shape index (κ2) is 4.89. The third kappa shape index (κ3) is 2.06. The molecule has 1 fully saturated rings. The third-order valence-corrected chi connectivity index (χ3v) is 3.58. The van der Waals surface area contributed by atoms with E-state index in [-0.39, 0.29) is 16.7 Å². The zero-order valence-corrected chi connectivity index (χ0v) is 11.2. The number of ether oxygens (including phenoxy) is 1. The van der Waals surface area contributed by atoms with Crippen LogP contribution < -0.4 is 5.32 Å². The highest BCUT2D eigenvalue weighted by Crippen LogP contribution is 2.27. The molecular weight excluding hydrogens is 302 g/mol. The van der Waals surface area contributed by atoms with E-state index in [0.29, 0.717) is 0 Å². The molecule has 1 saturated heterocycles. The van der Waals surface area contributed by atoms with E-state index in [9.17, 15) is 15.0 Å². The highest BCUT2D eigenvalue weighted by atomic mass is 32.1. The molecule has 3 aliphatic heterocycles. The van der Waals surface area contributed by atoms with E-state index in [4.69, 9.17) is 27.5 Å². The molecule has 0 aromatic carbocycles. The molecule has 4 atom stereocenters. The van der Waals surface area contributed by atoms with Gasteiger partial charge in [0.2, 0.25) is 11.1 Å². The number of carbonyl (C=O) groups excluding carboxylic acids is 1. The molecule has 0 bridgehead atoms. The monoisotopic (exact) mass is 313 g/mol. The summed E-state index contributed by atoms with van der Waals surface area (Å²) in [5.41, 5.74) is -0.0891. The summed E-state index contributed by atoms with van der Waals surface area (Å²) in [6.07, 6.45) is -4.83. The van der Waals surface area contributed by atoms with Gasteiger partial charge in [-0.05, 0) is 12.2 Å². The number of amides is 1. The Morgan fingerprint density at radius 2 is 2.10 bits per heavy atom. The number of nitrogens with one attached hydrogen (secondary N) is 2. The number of nitrogens with zero attached hydrogens (tertiary/aromatic N) is 3. The Bertz CT molecular complexity index is 605. The van der Waals surface area contributed by atoms with Crippen LogP contribution in [0.25, 0.3) is 0 Å². The second-order valence-corrected chi connectivity index (χ2v) is 4.95. The molecule has 3 heterocycles. The smallest absolute Gasteiger partial charge is 0.280 e. The highest BCUT2D eigenvalue weighted by Gasteiger charge is 2.50. The Balaban J connectivity index is 1.95. The van der Waals surface area contributed by atoms with Gasteiger partial charge >= 0.3 is 0 Å². The summed E-state index contributed by atoms with van der Waals surface area (Å²) in [7, 11) is 0. The van der Waals surface area contributed by atoms with Gasteiger partial charge in [0.1, 0.15) is 18.3 Å². The molecule has 0 unspecified atom stereocenters. The summed E-state index contributed by atoms with van der Waals surface area (Å²) in [4.78, 5) is 20.6. The van der Waals surface area contributed by atoms with E-state index in [1.807, 2.05) is 0 Å². The number of aliphatic hydroxyl groups excluding tert-OH is 3. The van der Waals surface area contributed by atoms with E-state index in [1.165, 1.54) is 0 Å². The SMILES string of the molecule is N=C1N=C2C(=NC(=S)N2[C@@H]2O[C@H](CO)[C@@H](O)[C@H]2O)C(=O)N1. The Hall–Kier alpha value is -1.79. The van der Waals surface area contributed by atoms with Gasteiger partial charge in [0, 0.05) is 0 Å². The van der Waals surface area contributed by atoms with Crippen LogP contribution in [-0.4, -0.2) is 79.9 Å². The first-order valence-corrected chi connectivity index (χ1v) is 6.38. The number of thiocarbonyl (C=S) groups is 1. The first-order chi connectivity index (χ1) is 9.93. The number of guanidine groups is 1. The molecule has 3 rings (SSSR count). The van der Waals surface area contributed by atoms with Crippen LogP contribution in [0.15, 0.2) is 9.98 Å². The predicted octanol–water partition coefficient (Wildman–Crippen LogP) is -3.07. The summed E-state index contributed by atoms with van der Waals surface area (Å²) in [5, 5.41) is 38.4. The van der Waals surface area contributed by atoms with E-state index in [2.05, 4.69) is 15.3 Å². The molecule has 0 aliphatic carbocycles. The minimum Gasteiger partial charge on any atom is -0.394 e. The Kier molecular flexibility index (Phi) is 3.30. The molecule has 0 saturated carbocycles. The molecule has 0 radical (unpaired) electrons. The van der Waals surface area contributed by atoms with Crippen LogP contribution >= 0.6 is 12.2 Å². The van der Waals surface area contributed by atoms with Crippen LogP contribution in [0.4, 0.5) is 0 Å². The van der Waals surface area contributed by atoms with Crippen molar-refractivity contribution in [3.8, 4) is 0 Å². The van der Waals surface area contributed by atoms with Gasteiger partial charge in [-0.15, -0.1) is 0 Å². The van der Waals surface area contributed by atoms with Crippen molar-refractivity contribution in [2.24, 2.45) is 9.98 Å². The van der Waals surface area contributed by atoms with Crippen molar-refractivity contribution < 1.29 is 24.9 Å². The van der Waals surface area contributed by atoms with Gasteiger partial charge in [-0.1, -0.05) is 0 Å². The summed E-state index contributed by atoms with van der Waals surface area (Å²) in [6.45, 7) is -0.494. The summed E-state index contributed by atoms with van der Waals surface area (Å²) in [6, 6.07) is 0. The molecule has 5 N–H and O–H groups in total. The van der Waals surface area contributed by atoms with Gasteiger partial charge in [0.25, 0.3) is 5.91 Å². The number of amidine groups is 1. The summed E-state index contributed by atoms with van der Waals surface area (Å²) < 4.78 is 5.34. The fourth-order valence-corrected chi connectivity index (χ4v) is 2.57. The van der Waals surface area contributed by atoms with Crippen molar-refractivity contribution >= 4 is 40.7 Å². The van der Waals surface area contributed by atoms with Crippen LogP contribution in [0.5, 0.6) is 0 Å². The molecule has 21 heavy (non-hydrogen) atoms. The molecular formula is C10H11N5O5S. The van der Waals surface area contributed by atoms with Crippen LogP contribution in [0, 0.1) is 5.41 Å². The van der Waals surface area contributed by atoms with Crippen molar-refractivity contribution in [1.82, 2.24) is 10.2 Å². The van der Waals surface area contributed by atoms with Crippen molar-refractivity contribution in [3.63, 3.8) is 0 Å². The molecule has 10 nitrogen and oxygen atoms in total. The maximum Gasteiger partial charge on any atom is 0.280 e. The van der Waals surface area contributed by atoms with E-state index in [0.717, 1.165) is 4.90 Å². The highest BCUT2D eigenvalue weighted by molar-refractivity contribution is 7.80. The van der Waals surface area contributed by atoms with Crippen molar-refractivity contribution in [3.05, 3.63) is 0 Å². The average Bonchev–Trinajstić information content (AvgIpc) is 2.89. The molecule has 11 heteroatoms. The Morgan fingerprint density at radius 3 is 2.71 bits per heavy atom. The third-order valence-electron chi connectivity index (χ3n) is 3.29. The Morgan fingerprint density at radius 1 is 1.38 bits per heavy atom. The maximum atomic E-state index is 11.7. The molecule has 0 aromatic heterocycles. The van der Waals surface area contributed by atoms with Crippen LogP contribution in [0.1, 0.15) is 0 Å². The normalized spacial score (nSPS) is 35.6. The van der Waals surface area contributed by atoms with Gasteiger partial charge in [0.05, 0.1) is 6.61 Å². The van der Waals surface area contributed by atoms with Crippen LogP contribution in [0.2, 0.25) is 0 Å². The topological polar surface area (TPSA) is 151 Å². The zero-order chi connectivity index (χ0) is 15.3. The fourth-order valence-electron chi connectivity index (χ4n) is 2.29. The number of rotatable bonds is 2. The first-order valence-electron chi connectivity index (χ1n) is 5.97. The zero-order valence-electron chi connectivity index (χ0n) is 10.4. The molecule has 0 spiro atoms. The largest absolute Gasteiger partial charge is 0.394 e. The number of aliphatic imine (C=N–C) groups is 2. The maximum absolute atomic E-state index is 11.7. The fraction of sp³-hybridized carbons (Fsp3) is 0.500. The number of hydrogen-bond acceptors (Lipinski definition) is 7. The van der Waals surface area contributed by atoms with Crippen molar-refractivity contribution in [2.75, 3.05) is 6.61 Å².